The molecule has 0 radical (unpaired) electrons. The topological polar surface area (TPSA) is 61.8 Å². The van der Waals surface area contributed by atoms with Crippen molar-refractivity contribution in [3.8, 4) is 17.2 Å². The van der Waals surface area contributed by atoms with E-state index in [4.69, 9.17) is 14.2 Å². The molecule has 0 unspecified atom stereocenters. The first kappa shape index (κ1) is 15.6. The van der Waals surface area contributed by atoms with Crippen LogP contribution in [0.25, 0.3) is 10.8 Å². The SMILES string of the molecule is C=C(C)C(=O)Oc1c(OC(C)=O)cc(OC)c2ccccc12. The second kappa shape index (κ2) is 6.30. The van der Waals surface area contributed by atoms with Gasteiger partial charge < -0.3 is 14.2 Å². The second-order valence-corrected chi connectivity index (χ2v) is 4.72. The van der Waals surface area contributed by atoms with Gasteiger partial charge >= 0.3 is 11.9 Å². The number of fused-ring (bicyclic) bond motifs is 1. The normalized spacial score (nSPS) is 10.1. The van der Waals surface area contributed by atoms with Gasteiger partial charge in [-0.1, -0.05) is 30.8 Å². The minimum atomic E-state index is -0.594. The third-order valence-electron chi connectivity index (χ3n) is 2.94. The molecule has 0 heterocycles. The summed E-state index contributed by atoms with van der Waals surface area (Å²) in [6.45, 7) is 6.36. The summed E-state index contributed by atoms with van der Waals surface area (Å²) in [6, 6.07) is 8.72. The summed E-state index contributed by atoms with van der Waals surface area (Å²) < 4.78 is 15.8. The van der Waals surface area contributed by atoms with Gasteiger partial charge in [-0.3, -0.25) is 4.79 Å². The van der Waals surface area contributed by atoms with Crippen molar-refractivity contribution in [3.63, 3.8) is 0 Å². The highest BCUT2D eigenvalue weighted by molar-refractivity contribution is 5.99. The highest BCUT2D eigenvalue weighted by atomic mass is 16.6. The van der Waals surface area contributed by atoms with E-state index in [1.807, 2.05) is 12.1 Å². The van der Waals surface area contributed by atoms with E-state index < -0.39 is 11.9 Å². The Hall–Kier alpha value is -2.82. The van der Waals surface area contributed by atoms with Gasteiger partial charge in [0, 0.05) is 29.3 Å². The van der Waals surface area contributed by atoms with Gasteiger partial charge in [-0.05, 0) is 6.92 Å². The fourth-order valence-electron chi connectivity index (χ4n) is 1.98. The summed E-state index contributed by atoms with van der Waals surface area (Å²) >= 11 is 0. The van der Waals surface area contributed by atoms with Crippen LogP contribution < -0.4 is 14.2 Å². The fraction of sp³-hybridized carbons (Fsp3) is 0.176. The van der Waals surface area contributed by atoms with E-state index in [1.165, 1.54) is 20.1 Å². The summed E-state index contributed by atoms with van der Waals surface area (Å²) in [4.78, 5) is 23.2. The minimum absolute atomic E-state index is 0.123. The molecule has 0 aliphatic heterocycles. The smallest absolute Gasteiger partial charge is 0.338 e. The number of benzene rings is 2. The average Bonchev–Trinajstić information content (AvgIpc) is 2.48. The maximum atomic E-state index is 11.9. The zero-order chi connectivity index (χ0) is 16.3. The Balaban J connectivity index is 2.70. The lowest BCUT2D eigenvalue weighted by Crippen LogP contribution is -2.11. The van der Waals surface area contributed by atoms with Crippen molar-refractivity contribution in [1.82, 2.24) is 0 Å². The molecule has 0 saturated carbocycles. The molecule has 0 atom stereocenters. The van der Waals surface area contributed by atoms with Crippen molar-refractivity contribution in [2.45, 2.75) is 13.8 Å². The van der Waals surface area contributed by atoms with Crippen molar-refractivity contribution >= 4 is 22.7 Å². The first-order chi connectivity index (χ1) is 10.4. The van der Waals surface area contributed by atoms with Crippen LogP contribution in [0.15, 0.2) is 42.5 Å². The molecule has 0 aromatic heterocycles. The monoisotopic (exact) mass is 300 g/mol. The molecule has 2 aromatic rings. The van der Waals surface area contributed by atoms with E-state index >= 15 is 0 Å². The second-order valence-electron chi connectivity index (χ2n) is 4.72. The van der Waals surface area contributed by atoms with Crippen molar-refractivity contribution in [3.05, 3.63) is 42.5 Å². The van der Waals surface area contributed by atoms with Crippen LogP contribution in [0.4, 0.5) is 0 Å². The number of carbonyl (C=O) groups excluding carboxylic acids is 2. The van der Waals surface area contributed by atoms with Crippen LogP contribution in [0.1, 0.15) is 13.8 Å². The fourth-order valence-corrected chi connectivity index (χ4v) is 1.98. The largest absolute Gasteiger partial charge is 0.496 e. The number of rotatable bonds is 4. The van der Waals surface area contributed by atoms with Crippen molar-refractivity contribution in [1.29, 1.82) is 0 Å². The van der Waals surface area contributed by atoms with Crippen LogP contribution in [0, 0.1) is 0 Å². The molecule has 22 heavy (non-hydrogen) atoms. The van der Waals surface area contributed by atoms with Gasteiger partial charge in [-0.2, -0.15) is 0 Å². The Morgan fingerprint density at radius 1 is 1.00 bits per heavy atom. The summed E-state index contributed by atoms with van der Waals surface area (Å²) in [5, 5.41) is 1.35. The zero-order valence-corrected chi connectivity index (χ0v) is 12.6. The van der Waals surface area contributed by atoms with Gasteiger partial charge in [-0.25, -0.2) is 4.79 Å². The number of esters is 2. The van der Waals surface area contributed by atoms with Crippen molar-refractivity contribution in [2.75, 3.05) is 7.11 Å². The maximum absolute atomic E-state index is 11.9. The Kier molecular flexibility index (Phi) is 4.46. The lowest BCUT2D eigenvalue weighted by Gasteiger charge is -2.15. The molecule has 2 rings (SSSR count). The molecule has 0 amide bonds. The molecule has 0 aliphatic carbocycles. The number of ether oxygens (including phenoxy) is 3. The first-order valence-electron chi connectivity index (χ1n) is 6.60. The van der Waals surface area contributed by atoms with E-state index in [1.54, 1.807) is 19.1 Å². The highest BCUT2D eigenvalue weighted by Crippen LogP contribution is 2.41. The van der Waals surface area contributed by atoms with E-state index in [2.05, 4.69) is 6.58 Å². The Morgan fingerprint density at radius 3 is 2.18 bits per heavy atom. The molecule has 0 saturated heterocycles. The van der Waals surface area contributed by atoms with Gasteiger partial charge in [0.2, 0.25) is 0 Å². The number of hydrogen-bond donors (Lipinski definition) is 0. The average molecular weight is 300 g/mol. The molecule has 0 fully saturated rings. The lowest BCUT2D eigenvalue weighted by molar-refractivity contribution is -0.133. The number of carbonyl (C=O) groups is 2. The summed E-state index contributed by atoms with van der Waals surface area (Å²) in [5.41, 5.74) is 0.244. The third-order valence-corrected chi connectivity index (χ3v) is 2.94. The molecule has 5 nitrogen and oxygen atoms in total. The van der Waals surface area contributed by atoms with Crippen LogP contribution in [-0.2, 0) is 9.59 Å². The third kappa shape index (κ3) is 3.09. The lowest BCUT2D eigenvalue weighted by atomic mass is 10.1. The summed E-state index contributed by atoms with van der Waals surface area (Å²) in [5.74, 6) is -0.312. The molecule has 114 valence electrons. The molecule has 0 spiro atoms. The molecular weight excluding hydrogens is 284 g/mol. The predicted molar refractivity (Wildman–Crippen MR) is 82.3 cm³/mol. The standard InChI is InChI=1S/C17H16O5/c1-10(2)17(19)22-16-13-8-6-5-7-12(13)14(20-4)9-15(16)21-11(3)18/h5-9H,1H2,2-4H3. The van der Waals surface area contributed by atoms with E-state index in [-0.39, 0.29) is 17.1 Å². The van der Waals surface area contributed by atoms with Gasteiger partial charge in [-0.15, -0.1) is 0 Å². The highest BCUT2D eigenvalue weighted by Gasteiger charge is 2.19. The molecule has 2 aromatic carbocycles. The number of hydrogen-bond acceptors (Lipinski definition) is 5. The Bertz CT molecular complexity index is 761. The quantitative estimate of drug-likeness (QED) is 0.493. The van der Waals surface area contributed by atoms with Gasteiger partial charge in [0.15, 0.2) is 11.5 Å². The molecule has 5 heteroatoms. The zero-order valence-electron chi connectivity index (χ0n) is 12.6. The van der Waals surface area contributed by atoms with Crippen LogP contribution in [-0.4, -0.2) is 19.0 Å². The molecular formula is C17H16O5. The maximum Gasteiger partial charge on any atom is 0.338 e. The minimum Gasteiger partial charge on any atom is -0.496 e. The first-order valence-corrected chi connectivity index (χ1v) is 6.60. The molecule has 0 N–H and O–H groups in total. The van der Waals surface area contributed by atoms with E-state index in [9.17, 15) is 9.59 Å². The van der Waals surface area contributed by atoms with Gasteiger partial charge in [0.25, 0.3) is 0 Å². The van der Waals surface area contributed by atoms with Crippen molar-refractivity contribution < 1.29 is 23.8 Å². The van der Waals surface area contributed by atoms with Gasteiger partial charge in [0.05, 0.1) is 7.11 Å². The van der Waals surface area contributed by atoms with Crippen LogP contribution in [0.5, 0.6) is 17.2 Å². The van der Waals surface area contributed by atoms with Crippen molar-refractivity contribution in [2.24, 2.45) is 0 Å². The Morgan fingerprint density at radius 2 is 1.64 bits per heavy atom. The van der Waals surface area contributed by atoms with Crippen LogP contribution in [0.2, 0.25) is 0 Å². The molecule has 0 aliphatic rings. The predicted octanol–water partition coefficient (Wildman–Crippen LogP) is 3.26. The number of methoxy groups -OCH3 is 1. The molecule has 0 bridgehead atoms. The summed E-state index contributed by atoms with van der Waals surface area (Å²) in [7, 11) is 1.51. The van der Waals surface area contributed by atoms with E-state index in [0.29, 0.717) is 11.1 Å². The van der Waals surface area contributed by atoms with Gasteiger partial charge in [0.1, 0.15) is 5.75 Å². The van der Waals surface area contributed by atoms with E-state index in [0.717, 1.165) is 5.39 Å². The van der Waals surface area contributed by atoms with Crippen LogP contribution >= 0.6 is 0 Å². The van der Waals surface area contributed by atoms with Crippen LogP contribution in [0.3, 0.4) is 0 Å². The Labute approximate surface area is 128 Å². The summed E-state index contributed by atoms with van der Waals surface area (Å²) in [6.07, 6.45) is 0.